The highest BCUT2D eigenvalue weighted by molar-refractivity contribution is 7.22. The molecule has 5 aromatic rings. The van der Waals surface area contributed by atoms with Crippen LogP contribution < -0.4 is 5.32 Å². The number of hydrogen-bond acceptors (Lipinski definition) is 6. The van der Waals surface area contributed by atoms with Crippen molar-refractivity contribution in [1.82, 2.24) is 14.4 Å². The molecule has 0 spiro atoms. The smallest absolute Gasteiger partial charge is 0.267 e. The molecule has 138 valence electrons. The van der Waals surface area contributed by atoms with Crippen molar-refractivity contribution in [3.05, 3.63) is 70.1 Å². The Balaban J connectivity index is 1.35. The van der Waals surface area contributed by atoms with Crippen molar-refractivity contribution in [2.24, 2.45) is 0 Å². The maximum absolute atomic E-state index is 12.7. The van der Waals surface area contributed by atoms with Crippen LogP contribution in [0.5, 0.6) is 0 Å². The van der Waals surface area contributed by atoms with Gasteiger partial charge in [-0.25, -0.2) is 9.97 Å². The number of anilines is 1. The van der Waals surface area contributed by atoms with E-state index in [4.69, 9.17) is 0 Å². The average Bonchev–Trinajstić information content (AvgIpc) is 3.45. The Morgan fingerprint density at radius 2 is 1.93 bits per heavy atom. The lowest BCUT2D eigenvalue weighted by atomic mass is 10.1. The Kier molecular flexibility index (Phi) is 4.31. The van der Waals surface area contributed by atoms with Crippen molar-refractivity contribution in [2.45, 2.75) is 6.92 Å². The number of benzene rings is 1. The van der Waals surface area contributed by atoms with Gasteiger partial charge in [-0.15, -0.1) is 34.0 Å². The first-order valence-corrected chi connectivity index (χ1v) is 11.1. The van der Waals surface area contributed by atoms with Gasteiger partial charge in [0.2, 0.25) is 0 Å². The summed E-state index contributed by atoms with van der Waals surface area (Å²) in [6.07, 6.45) is 4.00. The summed E-state index contributed by atoms with van der Waals surface area (Å²) in [5.41, 5.74) is 3.44. The molecule has 4 heterocycles. The molecule has 28 heavy (non-hydrogen) atoms. The molecule has 0 saturated carbocycles. The van der Waals surface area contributed by atoms with Crippen LogP contribution in [-0.2, 0) is 0 Å². The summed E-state index contributed by atoms with van der Waals surface area (Å²) in [5, 5.41) is 7.87. The molecular weight excluding hydrogens is 408 g/mol. The summed E-state index contributed by atoms with van der Waals surface area (Å²) in [4.78, 5) is 24.5. The lowest BCUT2D eigenvalue weighted by Crippen LogP contribution is -2.11. The molecule has 1 N–H and O–H groups in total. The quantitative estimate of drug-likeness (QED) is 0.398. The molecule has 0 atom stereocenters. The Bertz CT molecular complexity index is 1230. The standard InChI is InChI=1S/C20H14N4OS3/c1-12-17(28-19(21-12)16-3-2-9-26-16)18(25)22-14-6-4-13(5-7-14)15-11-24-8-10-27-20(24)23-15/h2-11H,1H3,(H,22,25). The number of rotatable bonds is 4. The number of thiophene rings is 1. The molecule has 0 aliphatic heterocycles. The van der Waals surface area contributed by atoms with Crippen molar-refractivity contribution in [3.63, 3.8) is 0 Å². The normalized spacial score (nSPS) is 11.2. The molecule has 0 bridgehead atoms. The van der Waals surface area contributed by atoms with E-state index in [1.54, 1.807) is 22.7 Å². The lowest BCUT2D eigenvalue weighted by Gasteiger charge is -2.05. The number of nitrogens with one attached hydrogen (secondary N) is 1. The Morgan fingerprint density at radius 1 is 1.07 bits per heavy atom. The second-order valence-corrected chi connectivity index (χ2v) is 8.98. The molecule has 0 saturated heterocycles. The number of fused-ring (bicyclic) bond motifs is 1. The van der Waals surface area contributed by atoms with Crippen molar-refractivity contribution < 1.29 is 4.79 Å². The molecular formula is C20H14N4OS3. The zero-order valence-corrected chi connectivity index (χ0v) is 17.2. The summed E-state index contributed by atoms with van der Waals surface area (Å²) >= 11 is 4.65. The molecule has 0 fully saturated rings. The number of aryl methyl sites for hydroxylation is 1. The average molecular weight is 423 g/mol. The maximum atomic E-state index is 12.7. The molecule has 8 heteroatoms. The third kappa shape index (κ3) is 3.15. The van der Waals surface area contributed by atoms with E-state index in [2.05, 4.69) is 15.3 Å². The largest absolute Gasteiger partial charge is 0.321 e. The van der Waals surface area contributed by atoms with Crippen molar-refractivity contribution in [2.75, 3.05) is 5.32 Å². The summed E-state index contributed by atoms with van der Waals surface area (Å²) in [7, 11) is 0. The molecule has 4 aromatic heterocycles. The van der Waals surface area contributed by atoms with Crippen LogP contribution in [0.1, 0.15) is 15.4 Å². The molecule has 5 nitrogen and oxygen atoms in total. The molecule has 1 aromatic carbocycles. The van der Waals surface area contributed by atoms with Crippen LogP contribution in [0, 0.1) is 6.92 Å². The van der Waals surface area contributed by atoms with Crippen molar-refractivity contribution in [3.8, 4) is 21.1 Å². The van der Waals surface area contributed by atoms with Crippen LogP contribution in [0.4, 0.5) is 5.69 Å². The number of hydrogen-bond donors (Lipinski definition) is 1. The minimum absolute atomic E-state index is 0.131. The first-order valence-electron chi connectivity index (χ1n) is 8.53. The van der Waals surface area contributed by atoms with E-state index in [1.165, 1.54) is 11.3 Å². The molecule has 0 radical (unpaired) electrons. The Hall–Kier alpha value is -2.81. The van der Waals surface area contributed by atoms with Gasteiger partial charge < -0.3 is 5.32 Å². The predicted molar refractivity (Wildman–Crippen MR) is 117 cm³/mol. The van der Waals surface area contributed by atoms with Gasteiger partial charge in [0.15, 0.2) is 4.96 Å². The summed E-state index contributed by atoms with van der Waals surface area (Å²) < 4.78 is 2.01. The number of amides is 1. The fraction of sp³-hybridized carbons (Fsp3) is 0.0500. The van der Waals surface area contributed by atoms with E-state index in [-0.39, 0.29) is 5.91 Å². The van der Waals surface area contributed by atoms with Crippen molar-refractivity contribution >= 4 is 50.6 Å². The molecule has 1 amide bonds. The van der Waals surface area contributed by atoms with Gasteiger partial charge in [0.1, 0.15) is 9.88 Å². The minimum atomic E-state index is -0.131. The molecule has 5 rings (SSSR count). The summed E-state index contributed by atoms with van der Waals surface area (Å²) in [5.74, 6) is -0.131. The van der Waals surface area contributed by atoms with Crippen LogP contribution in [0.25, 0.3) is 26.1 Å². The maximum Gasteiger partial charge on any atom is 0.267 e. The second-order valence-electron chi connectivity index (χ2n) is 6.16. The number of carbonyl (C=O) groups excluding carboxylic acids is 1. The highest BCUT2D eigenvalue weighted by Crippen LogP contribution is 2.31. The topological polar surface area (TPSA) is 59.3 Å². The number of aromatic nitrogens is 3. The second kappa shape index (κ2) is 6.97. The first-order chi connectivity index (χ1) is 13.7. The summed E-state index contributed by atoms with van der Waals surface area (Å²) in [6.45, 7) is 1.87. The number of carbonyl (C=O) groups is 1. The van der Waals surface area contributed by atoms with Crippen LogP contribution in [0.2, 0.25) is 0 Å². The highest BCUT2D eigenvalue weighted by Gasteiger charge is 2.17. The van der Waals surface area contributed by atoms with E-state index >= 15 is 0 Å². The van der Waals surface area contributed by atoms with E-state index < -0.39 is 0 Å². The zero-order chi connectivity index (χ0) is 19.1. The number of imidazole rings is 1. The van der Waals surface area contributed by atoms with Crippen LogP contribution in [0.3, 0.4) is 0 Å². The Morgan fingerprint density at radius 3 is 2.68 bits per heavy atom. The van der Waals surface area contributed by atoms with E-state index in [0.29, 0.717) is 4.88 Å². The van der Waals surface area contributed by atoms with Gasteiger partial charge in [0.05, 0.1) is 16.3 Å². The van der Waals surface area contributed by atoms with Crippen molar-refractivity contribution in [1.29, 1.82) is 0 Å². The van der Waals surface area contributed by atoms with Crippen LogP contribution in [-0.4, -0.2) is 20.3 Å². The van der Waals surface area contributed by atoms with Gasteiger partial charge in [-0.3, -0.25) is 9.20 Å². The first kappa shape index (κ1) is 17.3. The van der Waals surface area contributed by atoms with Gasteiger partial charge in [-0.2, -0.15) is 0 Å². The fourth-order valence-electron chi connectivity index (χ4n) is 2.89. The highest BCUT2D eigenvalue weighted by atomic mass is 32.1. The third-order valence-corrected chi connectivity index (χ3v) is 7.23. The number of nitrogens with zero attached hydrogens (tertiary/aromatic N) is 3. The van der Waals surface area contributed by atoms with Gasteiger partial charge in [0, 0.05) is 29.0 Å². The molecule has 0 aliphatic rings. The van der Waals surface area contributed by atoms with Gasteiger partial charge in [0.25, 0.3) is 5.91 Å². The molecule has 0 unspecified atom stereocenters. The Labute approximate surface area is 173 Å². The van der Waals surface area contributed by atoms with Gasteiger partial charge >= 0.3 is 0 Å². The SMILES string of the molecule is Cc1nc(-c2cccs2)sc1C(=O)Nc1ccc(-c2cn3ccsc3n2)cc1. The summed E-state index contributed by atoms with van der Waals surface area (Å²) in [6, 6.07) is 11.7. The fourth-order valence-corrected chi connectivity index (χ4v) is 5.35. The third-order valence-electron chi connectivity index (χ3n) is 4.27. The van der Waals surface area contributed by atoms with Crippen LogP contribution >= 0.6 is 34.0 Å². The van der Waals surface area contributed by atoms with Gasteiger partial charge in [-0.05, 0) is 30.5 Å². The van der Waals surface area contributed by atoms with E-state index in [1.807, 2.05) is 70.9 Å². The monoisotopic (exact) mass is 422 g/mol. The van der Waals surface area contributed by atoms with E-state index in [0.717, 1.165) is 37.5 Å². The van der Waals surface area contributed by atoms with Gasteiger partial charge in [-0.1, -0.05) is 18.2 Å². The lowest BCUT2D eigenvalue weighted by molar-refractivity contribution is 0.103. The predicted octanol–water partition coefficient (Wildman–Crippen LogP) is 5.81. The number of thiazole rings is 2. The van der Waals surface area contributed by atoms with E-state index in [9.17, 15) is 4.79 Å². The van der Waals surface area contributed by atoms with Crippen LogP contribution in [0.15, 0.2) is 59.6 Å². The minimum Gasteiger partial charge on any atom is -0.321 e. The zero-order valence-electron chi connectivity index (χ0n) is 14.7. The molecule has 0 aliphatic carbocycles.